The molecule has 1 saturated heterocycles. The van der Waals surface area contributed by atoms with Gasteiger partial charge in [0, 0.05) is 12.5 Å². The van der Waals surface area contributed by atoms with E-state index >= 15 is 0 Å². The van der Waals surface area contributed by atoms with Gasteiger partial charge in [-0.1, -0.05) is 20.8 Å². The molecule has 0 radical (unpaired) electrons. The third-order valence-electron chi connectivity index (χ3n) is 4.11. The smallest absolute Gasteiger partial charge is 0.236 e. The SMILES string of the molecule is CCC(CCN)N1C(=O)CC(C)(C(C)C)C1=O. The summed E-state index contributed by atoms with van der Waals surface area (Å²) in [5, 5.41) is 0. The fraction of sp³-hybridized carbons (Fsp3) is 0.846. The highest BCUT2D eigenvalue weighted by molar-refractivity contribution is 6.06. The maximum absolute atomic E-state index is 12.4. The van der Waals surface area contributed by atoms with Gasteiger partial charge < -0.3 is 5.73 Å². The Morgan fingerprint density at radius 1 is 1.41 bits per heavy atom. The lowest BCUT2D eigenvalue weighted by Gasteiger charge is -2.29. The lowest BCUT2D eigenvalue weighted by Crippen LogP contribution is -2.43. The minimum Gasteiger partial charge on any atom is -0.330 e. The summed E-state index contributed by atoms with van der Waals surface area (Å²) in [5.41, 5.74) is 5.01. The van der Waals surface area contributed by atoms with E-state index < -0.39 is 5.41 Å². The number of nitrogens with zero attached hydrogens (tertiary/aromatic N) is 1. The molecule has 0 aliphatic carbocycles. The number of carbonyl (C=O) groups excluding carboxylic acids is 2. The fourth-order valence-corrected chi connectivity index (χ4v) is 2.39. The van der Waals surface area contributed by atoms with Gasteiger partial charge in [-0.3, -0.25) is 14.5 Å². The molecule has 4 heteroatoms. The summed E-state index contributed by atoms with van der Waals surface area (Å²) in [4.78, 5) is 25.9. The van der Waals surface area contributed by atoms with Gasteiger partial charge in [0.2, 0.25) is 11.8 Å². The average Bonchev–Trinajstić information content (AvgIpc) is 2.49. The molecule has 2 unspecified atom stereocenters. The second-order valence-electron chi connectivity index (χ2n) is 5.46. The van der Waals surface area contributed by atoms with E-state index in [4.69, 9.17) is 5.73 Å². The van der Waals surface area contributed by atoms with Crippen molar-refractivity contribution in [1.82, 2.24) is 4.90 Å². The Morgan fingerprint density at radius 2 is 2.00 bits per heavy atom. The van der Waals surface area contributed by atoms with Crippen molar-refractivity contribution >= 4 is 11.8 Å². The van der Waals surface area contributed by atoms with Crippen molar-refractivity contribution in [3.8, 4) is 0 Å². The molecule has 0 saturated carbocycles. The molecule has 4 nitrogen and oxygen atoms in total. The number of hydrogen-bond donors (Lipinski definition) is 1. The molecule has 0 aromatic heterocycles. The van der Waals surface area contributed by atoms with Gasteiger partial charge in [0.05, 0.1) is 5.41 Å². The van der Waals surface area contributed by atoms with E-state index in [9.17, 15) is 9.59 Å². The number of likely N-dealkylation sites (tertiary alicyclic amines) is 1. The van der Waals surface area contributed by atoms with Crippen LogP contribution in [0.4, 0.5) is 0 Å². The summed E-state index contributed by atoms with van der Waals surface area (Å²) in [6.07, 6.45) is 1.82. The molecular weight excluding hydrogens is 216 g/mol. The molecule has 2 N–H and O–H groups in total. The van der Waals surface area contributed by atoms with Crippen molar-refractivity contribution < 1.29 is 9.59 Å². The topological polar surface area (TPSA) is 63.4 Å². The summed E-state index contributed by atoms with van der Waals surface area (Å²) < 4.78 is 0. The van der Waals surface area contributed by atoms with Crippen LogP contribution in [0.15, 0.2) is 0 Å². The Kier molecular flexibility index (Phi) is 4.31. The number of amides is 2. The average molecular weight is 240 g/mol. The van der Waals surface area contributed by atoms with Crippen LogP contribution < -0.4 is 5.73 Å². The third kappa shape index (κ3) is 2.37. The monoisotopic (exact) mass is 240 g/mol. The molecule has 2 atom stereocenters. The van der Waals surface area contributed by atoms with Gasteiger partial charge in [0.15, 0.2) is 0 Å². The molecule has 98 valence electrons. The molecule has 1 heterocycles. The largest absolute Gasteiger partial charge is 0.330 e. The van der Waals surface area contributed by atoms with Gasteiger partial charge in [-0.25, -0.2) is 0 Å². The summed E-state index contributed by atoms with van der Waals surface area (Å²) in [7, 11) is 0. The van der Waals surface area contributed by atoms with Crippen LogP contribution in [0.3, 0.4) is 0 Å². The highest BCUT2D eigenvalue weighted by Crippen LogP contribution is 2.40. The highest BCUT2D eigenvalue weighted by atomic mass is 16.2. The van der Waals surface area contributed by atoms with Crippen LogP contribution in [0.2, 0.25) is 0 Å². The maximum atomic E-state index is 12.4. The quantitative estimate of drug-likeness (QED) is 0.741. The zero-order chi connectivity index (χ0) is 13.2. The molecule has 0 aromatic carbocycles. The summed E-state index contributed by atoms with van der Waals surface area (Å²) >= 11 is 0. The summed E-state index contributed by atoms with van der Waals surface area (Å²) in [6, 6.07) is -0.0272. The molecule has 17 heavy (non-hydrogen) atoms. The van der Waals surface area contributed by atoms with Crippen molar-refractivity contribution in [3.05, 3.63) is 0 Å². The second kappa shape index (κ2) is 5.17. The number of carbonyl (C=O) groups is 2. The predicted octanol–water partition coefficient (Wildman–Crippen LogP) is 1.53. The Labute approximate surface area is 104 Å². The van der Waals surface area contributed by atoms with E-state index in [0.29, 0.717) is 19.4 Å². The first-order chi connectivity index (χ1) is 7.88. The maximum Gasteiger partial charge on any atom is 0.236 e. The standard InChI is InChI=1S/C13H24N2O2/c1-5-10(6-7-14)15-11(16)8-13(4,9(2)3)12(15)17/h9-10H,5-8,14H2,1-4H3. The van der Waals surface area contributed by atoms with E-state index in [-0.39, 0.29) is 23.8 Å². The molecule has 0 aromatic rings. The minimum absolute atomic E-state index is 0.0159. The van der Waals surface area contributed by atoms with Gasteiger partial charge >= 0.3 is 0 Å². The van der Waals surface area contributed by atoms with Gasteiger partial charge in [-0.05, 0) is 32.2 Å². The minimum atomic E-state index is -0.529. The molecule has 1 fully saturated rings. The molecular formula is C13H24N2O2. The second-order valence-corrected chi connectivity index (χ2v) is 5.46. The Morgan fingerprint density at radius 3 is 2.35 bits per heavy atom. The fourth-order valence-electron chi connectivity index (χ4n) is 2.39. The zero-order valence-electron chi connectivity index (χ0n) is 11.3. The van der Waals surface area contributed by atoms with Crippen LogP contribution in [0, 0.1) is 11.3 Å². The first-order valence-corrected chi connectivity index (χ1v) is 6.45. The number of nitrogens with two attached hydrogens (primary N) is 1. The lowest BCUT2D eigenvalue weighted by molar-refractivity contribution is -0.144. The normalized spacial score (nSPS) is 27.1. The van der Waals surface area contributed by atoms with Crippen molar-refractivity contribution in [2.24, 2.45) is 17.1 Å². The molecule has 1 aliphatic rings. The van der Waals surface area contributed by atoms with E-state index in [0.717, 1.165) is 6.42 Å². The van der Waals surface area contributed by atoms with Crippen LogP contribution in [-0.4, -0.2) is 29.3 Å². The van der Waals surface area contributed by atoms with Gasteiger partial charge in [-0.15, -0.1) is 0 Å². The highest BCUT2D eigenvalue weighted by Gasteiger charge is 2.51. The van der Waals surface area contributed by atoms with Crippen molar-refractivity contribution in [3.63, 3.8) is 0 Å². The number of hydrogen-bond acceptors (Lipinski definition) is 3. The van der Waals surface area contributed by atoms with Gasteiger partial charge in [0.1, 0.15) is 0 Å². The van der Waals surface area contributed by atoms with Crippen LogP contribution >= 0.6 is 0 Å². The van der Waals surface area contributed by atoms with Crippen molar-refractivity contribution in [2.75, 3.05) is 6.54 Å². The molecule has 1 rings (SSSR count). The van der Waals surface area contributed by atoms with Crippen LogP contribution in [0.1, 0.15) is 47.0 Å². The molecule has 2 amide bonds. The number of imide groups is 1. The molecule has 0 spiro atoms. The van der Waals surface area contributed by atoms with Crippen molar-refractivity contribution in [2.45, 2.75) is 53.0 Å². The van der Waals surface area contributed by atoms with Crippen LogP contribution in [0.5, 0.6) is 0 Å². The number of rotatable bonds is 5. The third-order valence-corrected chi connectivity index (χ3v) is 4.11. The van der Waals surface area contributed by atoms with Crippen LogP contribution in [0.25, 0.3) is 0 Å². The van der Waals surface area contributed by atoms with E-state index in [1.165, 1.54) is 4.90 Å². The van der Waals surface area contributed by atoms with E-state index in [2.05, 4.69) is 0 Å². The summed E-state index contributed by atoms with van der Waals surface area (Å²) in [6.45, 7) is 8.39. The Balaban J connectivity index is 2.96. The first-order valence-electron chi connectivity index (χ1n) is 6.45. The predicted molar refractivity (Wildman–Crippen MR) is 67.2 cm³/mol. The van der Waals surface area contributed by atoms with Gasteiger partial charge in [-0.2, -0.15) is 0 Å². The lowest BCUT2D eigenvalue weighted by atomic mass is 9.78. The molecule has 0 bridgehead atoms. The van der Waals surface area contributed by atoms with E-state index in [1.54, 1.807) is 0 Å². The summed E-state index contributed by atoms with van der Waals surface area (Å²) in [5.74, 6) is 0.128. The zero-order valence-corrected chi connectivity index (χ0v) is 11.3. The Hall–Kier alpha value is -0.900. The van der Waals surface area contributed by atoms with Crippen molar-refractivity contribution in [1.29, 1.82) is 0 Å². The molecule has 1 aliphatic heterocycles. The van der Waals surface area contributed by atoms with Crippen LogP contribution in [-0.2, 0) is 9.59 Å². The van der Waals surface area contributed by atoms with E-state index in [1.807, 2.05) is 27.7 Å². The Bertz CT molecular complexity index is 315. The first kappa shape index (κ1) is 14.2. The van der Waals surface area contributed by atoms with Gasteiger partial charge in [0.25, 0.3) is 0 Å².